The highest BCUT2D eigenvalue weighted by Crippen LogP contribution is 2.19. The zero-order valence-electron chi connectivity index (χ0n) is 10.8. The molecule has 2 rings (SSSR count). The molecular weight excluding hydrogens is 242 g/mol. The molecule has 2 aromatic rings. The van der Waals surface area contributed by atoms with Gasteiger partial charge in [-0.2, -0.15) is 0 Å². The van der Waals surface area contributed by atoms with Gasteiger partial charge in [-0.15, -0.1) is 0 Å². The third-order valence-electron chi connectivity index (χ3n) is 2.56. The fourth-order valence-electron chi connectivity index (χ4n) is 1.56. The van der Waals surface area contributed by atoms with Gasteiger partial charge in [-0.05, 0) is 24.3 Å². The smallest absolute Gasteiger partial charge is 0.142 e. The van der Waals surface area contributed by atoms with E-state index in [9.17, 15) is 0 Å². The van der Waals surface area contributed by atoms with Gasteiger partial charge in [-0.1, -0.05) is 12.1 Å². The number of nitrogen functional groups attached to an aromatic ring is 1. The van der Waals surface area contributed by atoms with E-state index in [0.29, 0.717) is 24.6 Å². The average molecular weight is 259 g/mol. The van der Waals surface area contributed by atoms with Gasteiger partial charge in [0.2, 0.25) is 0 Å². The van der Waals surface area contributed by atoms with Gasteiger partial charge >= 0.3 is 0 Å². The van der Waals surface area contributed by atoms with E-state index >= 15 is 0 Å². The Morgan fingerprint density at radius 2 is 2.05 bits per heavy atom. The summed E-state index contributed by atoms with van der Waals surface area (Å²) >= 11 is 0. The van der Waals surface area contributed by atoms with Crippen molar-refractivity contribution in [2.45, 2.75) is 0 Å². The van der Waals surface area contributed by atoms with Gasteiger partial charge in [0.25, 0.3) is 0 Å². The molecule has 0 spiro atoms. The number of aromatic nitrogens is 1. The minimum Gasteiger partial charge on any atom is -0.495 e. The number of hydrogen-bond donors (Lipinski definition) is 2. The van der Waals surface area contributed by atoms with Crippen molar-refractivity contribution in [3.05, 3.63) is 42.6 Å². The van der Waals surface area contributed by atoms with E-state index in [2.05, 4.69) is 10.3 Å². The van der Waals surface area contributed by atoms with Crippen molar-refractivity contribution < 1.29 is 9.47 Å². The maximum Gasteiger partial charge on any atom is 0.142 e. The highest BCUT2D eigenvalue weighted by atomic mass is 16.5. The normalized spacial score (nSPS) is 9.95. The number of nitrogens with two attached hydrogens (primary N) is 1. The van der Waals surface area contributed by atoms with Crippen molar-refractivity contribution in [3.63, 3.8) is 0 Å². The monoisotopic (exact) mass is 259 g/mol. The molecule has 5 nitrogen and oxygen atoms in total. The van der Waals surface area contributed by atoms with E-state index in [4.69, 9.17) is 15.2 Å². The number of benzene rings is 1. The fraction of sp³-hybridized carbons (Fsp3) is 0.214. The van der Waals surface area contributed by atoms with E-state index in [1.54, 1.807) is 13.3 Å². The lowest BCUT2D eigenvalue weighted by Gasteiger charge is -2.09. The zero-order valence-corrected chi connectivity index (χ0v) is 10.8. The van der Waals surface area contributed by atoms with Crippen LogP contribution in [0.2, 0.25) is 0 Å². The van der Waals surface area contributed by atoms with E-state index in [0.717, 1.165) is 11.6 Å². The number of nitrogens with zero attached hydrogens (tertiary/aromatic N) is 1. The fourth-order valence-corrected chi connectivity index (χ4v) is 1.56. The molecule has 0 saturated carbocycles. The molecule has 0 atom stereocenters. The molecule has 1 heterocycles. The number of methoxy groups -OCH3 is 1. The second-order valence-corrected chi connectivity index (χ2v) is 3.90. The van der Waals surface area contributed by atoms with Crippen LogP contribution in [-0.2, 0) is 0 Å². The summed E-state index contributed by atoms with van der Waals surface area (Å²) in [4.78, 5) is 4.20. The Morgan fingerprint density at radius 1 is 1.21 bits per heavy atom. The second kappa shape index (κ2) is 6.49. The lowest BCUT2D eigenvalue weighted by Crippen LogP contribution is -2.12. The summed E-state index contributed by atoms with van der Waals surface area (Å²) in [6.07, 6.45) is 1.67. The van der Waals surface area contributed by atoms with Crippen LogP contribution in [0.15, 0.2) is 42.6 Å². The van der Waals surface area contributed by atoms with Gasteiger partial charge in [0, 0.05) is 0 Å². The number of anilines is 2. The van der Waals surface area contributed by atoms with Crippen LogP contribution in [0.4, 0.5) is 11.5 Å². The molecule has 0 aliphatic heterocycles. The lowest BCUT2D eigenvalue weighted by atomic mass is 10.3. The molecule has 0 aliphatic rings. The van der Waals surface area contributed by atoms with Gasteiger partial charge in [0.15, 0.2) is 0 Å². The SMILES string of the molecule is COc1ccc(NCCOc2ccccc2N)nc1. The van der Waals surface area contributed by atoms with Crippen molar-refractivity contribution in [2.75, 3.05) is 31.3 Å². The Bertz CT molecular complexity index is 514. The predicted octanol–water partition coefficient (Wildman–Crippen LogP) is 2.16. The van der Waals surface area contributed by atoms with Crippen LogP contribution < -0.4 is 20.5 Å². The van der Waals surface area contributed by atoms with Gasteiger partial charge in [0.1, 0.15) is 23.9 Å². The summed E-state index contributed by atoms with van der Waals surface area (Å²) in [5.41, 5.74) is 6.42. The van der Waals surface area contributed by atoms with E-state index in [1.165, 1.54) is 0 Å². The molecule has 0 saturated heterocycles. The summed E-state index contributed by atoms with van der Waals surface area (Å²) in [7, 11) is 1.61. The first-order valence-electron chi connectivity index (χ1n) is 6.01. The Kier molecular flexibility index (Phi) is 4.44. The first-order valence-corrected chi connectivity index (χ1v) is 6.01. The number of rotatable bonds is 6. The van der Waals surface area contributed by atoms with Gasteiger partial charge in [-0.25, -0.2) is 4.98 Å². The highest BCUT2D eigenvalue weighted by Gasteiger charge is 1.98. The molecule has 0 fully saturated rings. The lowest BCUT2D eigenvalue weighted by molar-refractivity contribution is 0.334. The van der Waals surface area contributed by atoms with Crippen LogP contribution in [0.5, 0.6) is 11.5 Å². The number of hydrogen-bond acceptors (Lipinski definition) is 5. The summed E-state index contributed by atoms with van der Waals surface area (Å²) < 4.78 is 10.6. The minimum atomic E-state index is 0.516. The Labute approximate surface area is 112 Å². The largest absolute Gasteiger partial charge is 0.495 e. The second-order valence-electron chi connectivity index (χ2n) is 3.90. The summed E-state index contributed by atoms with van der Waals surface area (Å²) in [5.74, 6) is 2.22. The van der Waals surface area contributed by atoms with E-state index < -0.39 is 0 Å². The van der Waals surface area contributed by atoms with Crippen LogP contribution >= 0.6 is 0 Å². The molecule has 5 heteroatoms. The Hall–Kier alpha value is -2.43. The van der Waals surface area contributed by atoms with Gasteiger partial charge < -0.3 is 20.5 Å². The van der Waals surface area contributed by atoms with Crippen molar-refractivity contribution >= 4 is 11.5 Å². The standard InChI is InChI=1S/C14H17N3O2/c1-18-11-6-7-14(17-10-11)16-8-9-19-13-5-3-2-4-12(13)15/h2-7,10H,8-9,15H2,1H3,(H,16,17). The third-order valence-corrected chi connectivity index (χ3v) is 2.56. The van der Waals surface area contributed by atoms with Crippen LogP contribution in [0.25, 0.3) is 0 Å². The van der Waals surface area contributed by atoms with Gasteiger partial charge in [0.05, 0.1) is 25.5 Å². The average Bonchev–Trinajstić information content (AvgIpc) is 2.46. The summed E-state index contributed by atoms with van der Waals surface area (Å²) in [6.45, 7) is 1.16. The minimum absolute atomic E-state index is 0.516. The predicted molar refractivity (Wildman–Crippen MR) is 75.6 cm³/mol. The van der Waals surface area contributed by atoms with Crippen LogP contribution in [0, 0.1) is 0 Å². The molecule has 100 valence electrons. The van der Waals surface area contributed by atoms with Crippen molar-refractivity contribution in [1.29, 1.82) is 0 Å². The molecule has 1 aromatic carbocycles. The third kappa shape index (κ3) is 3.77. The van der Waals surface area contributed by atoms with Crippen molar-refractivity contribution in [2.24, 2.45) is 0 Å². The molecule has 0 radical (unpaired) electrons. The first-order chi connectivity index (χ1) is 9.29. The maximum absolute atomic E-state index is 5.77. The van der Waals surface area contributed by atoms with E-state index in [1.807, 2.05) is 36.4 Å². The summed E-state index contributed by atoms with van der Waals surface area (Å²) in [5, 5.41) is 3.15. The van der Waals surface area contributed by atoms with E-state index in [-0.39, 0.29) is 0 Å². The quantitative estimate of drug-likeness (QED) is 0.614. The van der Waals surface area contributed by atoms with Crippen LogP contribution in [-0.4, -0.2) is 25.2 Å². The highest BCUT2D eigenvalue weighted by molar-refractivity contribution is 5.51. The molecule has 0 amide bonds. The zero-order chi connectivity index (χ0) is 13.5. The van der Waals surface area contributed by atoms with Gasteiger partial charge in [-0.3, -0.25) is 0 Å². The molecule has 19 heavy (non-hydrogen) atoms. The molecule has 0 unspecified atom stereocenters. The Balaban J connectivity index is 1.76. The van der Waals surface area contributed by atoms with Crippen LogP contribution in [0.1, 0.15) is 0 Å². The van der Waals surface area contributed by atoms with Crippen molar-refractivity contribution in [3.8, 4) is 11.5 Å². The maximum atomic E-state index is 5.77. The number of ether oxygens (including phenoxy) is 2. The number of pyridine rings is 1. The molecule has 0 aliphatic carbocycles. The summed E-state index contributed by atoms with van der Waals surface area (Å²) in [6, 6.07) is 11.1. The molecule has 0 bridgehead atoms. The molecule has 3 N–H and O–H groups in total. The van der Waals surface area contributed by atoms with Crippen molar-refractivity contribution in [1.82, 2.24) is 4.98 Å². The Morgan fingerprint density at radius 3 is 2.74 bits per heavy atom. The number of para-hydroxylation sites is 2. The van der Waals surface area contributed by atoms with Crippen LogP contribution in [0.3, 0.4) is 0 Å². The first kappa shape index (κ1) is 13.0. The topological polar surface area (TPSA) is 69.4 Å². The molecule has 1 aromatic heterocycles. The number of nitrogens with one attached hydrogen (secondary N) is 1. The molecular formula is C14H17N3O2.